The number of carbonyl (C=O) groups is 3. The number of hydrazine groups is 1. The lowest BCUT2D eigenvalue weighted by Crippen LogP contribution is -2.51. The van der Waals surface area contributed by atoms with Crippen molar-refractivity contribution in [1.29, 1.82) is 0 Å². The minimum absolute atomic E-state index is 0.0339. The maximum Gasteiger partial charge on any atom is 0.338 e. The summed E-state index contributed by atoms with van der Waals surface area (Å²) in [6.45, 7) is -0.700. The van der Waals surface area contributed by atoms with Gasteiger partial charge in [0.05, 0.1) is 10.5 Å². The second kappa shape index (κ2) is 8.69. The Bertz CT molecular complexity index is 944. The number of hydrogen-bond acceptors (Lipinski definition) is 8. The van der Waals surface area contributed by atoms with Crippen LogP contribution in [0.2, 0.25) is 0 Å². The molecule has 1 unspecified atom stereocenters. The van der Waals surface area contributed by atoms with Crippen LogP contribution in [0.15, 0.2) is 48.5 Å². The number of rotatable bonds is 5. The Morgan fingerprint density at radius 1 is 1.07 bits per heavy atom. The van der Waals surface area contributed by atoms with E-state index < -0.39 is 35.4 Å². The lowest BCUT2D eigenvalue weighted by atomic mass is 10.2. The molecule has 11 heteroatoms. The highest BCUT2D eigenvalue weighted by molar-refractivity contribution is 5.92. The Kier molecular flexibility index (Phi) is 5.88. The average molecular weight is 401 g/mol. The largest absolute Gasteiger partial charge is 0.485 e. The van der Waals surface area contributed by atoms with Gasteiger partial charge in [0.2, 0.25) is 6.10 Å². The zero-order valence-electron chi connectivity index (χ0n) is 14.8. The second-order valence-electron chi connectivity index (χ2n) is 5.78. The molecule has 0 aliphatic carbocycles. The molecule has 0 fully saturated rings. The van der Waals surface area contributed by atoms with Gasteiger partial charge in [0, 0.05) is 12.1 Å². The number of nitrogens with one attached hydrogen (secondary N) is 2. The first kappa shape index (κ1) is 19.6. The van der Waals surface area contributed by atoms with Gasteiger partial charge < -0.3 is 14.2 Å². The number of non-ortho nitro benzene ring substituents is 1. The van der Waals surface area contributed by atoms with E-state index >= 15 is 0 Å². The summed E-state index contributed by atoms with van der Waals surface area (Å²) in [5, 5.41) is 10.6. The van der Waals surface area contributed by atoms with Crippen molar-refractivity contribution < 1.29 is 33.5 Å². The monoisotopic (exact) mass is 401 g/mol. The summed E-state index contributed by atoms with van der Waals surface area (Å²) in [4.78, 5) is 45.6. The summed E-state index contributed by atoms with van der Waals surface area (Å²) in [5.74, 6) is -1.36. The number of ether oxygens (including phenoxy) is 3. The summed E-state index contributed by atoms with van der Waals surface area (Å²) in [5.41, 5.74) is 4.11. The first-order valence-corrected chi connectivity index (χ1v) is 8.33. The smallest absolute Gasteiger partial charge is 0.338 e. The number of nitrogens with zero attached hydrogens (tertiary/aromatic N) is 1. The molecule has 1 aliphatic heterocycles. The van der Waals surface area contributed by atoms with Gasteiger partial charge in [-0.25, -0.2) is 4.79 Å². The van der Waals surface area contributed by atoms with Crippen LogP contribution in [0.25, 0.3) is 0 Å². The van der Waals surface area contributed by atoms with Crippen molar-refractivity contribution in [2.24, 2.45) is 0 Å². The second-order valence-corrected chi connectivity index (χ2v) is 5.78. The molecule has 2 aromatic rings. The van der Waals surface area contributed by atoms with Gasteiger partial charge in [-0.3, -0.25) is 30.6 Å². The van der Waals surface area contributed by atoms with Crippen molar-refractivity contribution in [2.45, 2.75) is 6.10 Å². The van der Waals surface area contributed by atoms with Crippen molar-refractivity contribution >= 4 is 23.5 Å². The molecule has 150 valence electrons. The average Bonchev–Trinajstić information content (AvgIpc) is 2.75. The van der Waals surface area contributed by atoms with Gasteiger partial charge in [-0.05, 0) is 24.3 Å². The summed E-state index contributed by atoms with van der Waals surface area (Å²) >= 11 is 0. The molecule has 2 amide bonds. The molecule has 2 N–H and O–H groups in total. The maximum atomic E-state index is 12.1. The third-order valence-corrected chi connectivity index (χ3v) is 3.77. The quantitative estimate of drug-likeness (QED) is 0.424. The normalized spacial score (nSPS) is 14.4. The highest BCUT2D eigenvalue weighted by Crippen LogP contribution is 2.30. The molecule has 0 aromatic heterocycles. The van der Waals surface area contributed by atoms with E-state index in [0.29, 0.717) is 11.5 Å². The summed E-state index contributed by atoms with van der Waals surface area (Å²) in [7, 11) is 0. The molecule has 0 bridgehead atoms. The predicted molar refractivity (Wildman–Crippen MR) is 96.0 cm³/mol. The van der Waals surface area contributed by atoms with E-state index in [2.05, 4.69) is 10.9 Å². The maximum absolute atomic E-state index is 12.1. The predicted octanol–water partition coefficient (Wildman–Crippen LogP) is 0.739. The first-order valence-electron chi connectivity index (χ1n) is 8.33. The molecule has 0 radical (unpaired) electrons. The molecule has 0 spiro atoms. The van der Waals surface area contributed by atoms with Gasteiger partial charge in [-0.1, -0.05) is 12.1 Å². The van der Waals surface area contributed by atoms with E-state index in [0.717, 1.165) is 12.1 Å². The van der Waals surface area contributed by atoms with Crippen LogP contribution in [0.4, 0.5) is 5.69 Å². The Morgan fingerprint density at radius 2 is 1.76 bits per heavy atom. The number of carbonyl (C=O) groups excluding carboxylic acids is 3. The topological polar surface area (TPSA) is 146 Å². The van der Waals surface area contributed by atoms with Gasteiger partial charge in [-0.2, -0.15) is 0 Å². The van der Waals surface area contributed by atoms with Crippen molar-refractivity contribution in [3.63, 3.8) is 0 Å². The van der Waals surface area contributed by atoms with E-state index in [4.69, 9.17) is 14.2 Å². The summed E-state index contributed by atoms with van der Waals surface area (Å²) in [6, 6.07) is 11.5. The molecule has 1 heterocycles. The van der Waals surface area contributed by atoms with Gasteiger partial charge in [0.1, 0.15) is 6.61 Å². The van der Waals surface area contributed by atoms with E-state index in [9.17, 15) is 24.5 Å². The van der Waals surface area contributed by atoms with Crippen LogP contribution in [0, 0.1) is 10.1 Å². The zero-order chi connectivity index (χ0) is 20.8. The Balaban J connectivity index is 1.42. The van der Waals surface area contributed by atoms with E-state index in [1.807, 2.05) is 0 Å². The summed E-state index contributed by atoms with van der Waals surface area (Å²) in [6.07, 6.45) is -0.965. The number of nitro benzene ring substituents is 1. The zero-order valence-corrected chi connectivity index (χ0v) is 14.8. The Hall–Kier alpha value is -4.15. The molecule has 3 rings (SSSR count). The Morgan fingerprint density at radius 3 is 2.45 bits per heavy atom. The van der Waals surface area contributed by atoms with Crippen molar-refractivity contribution in [2.75, 3.05) is 13.2 Å². The molecule has 11 nitrogen and oxygen atoms in total. The molecular weight excluding hydrogens is 386 g/mol. The molecular formula is C18H15N3O8. The third-order valence-electron chi connectivity index (χ3n) is 3.77. The highest BCUT2D eigenvalue weighted by atomic mass is 16.6. The number of hydrogen-bond donors (Lipinski definition) is 2. The fourth-order valence-electron chi connectivity index (χ4n) is 2.33. The van der Waals surface area contributed by atoms with Gasteiger partial charge >= 0.3 is 5.97 Å². The fraction of sp³-hybridized carbons (Fsp3) is 0.167. The minimum atomic E-state index is -0.965. The van der Waals surface area contributed by atoms with Crippen molar-refractivity contribution in [3.05, 3.63) is 64.2 Å². The lowest BCUT2D eigenvalue weighted by molar-refractivity contribution is -0.384. The lowest BCUT2D eigenvalue weighted by Gasteiger charge is -2.25. The molecule has 0 saturated carbocycles. The van der Waals surface area contributed by atoms with Crippen LogP contribution in [-0.4, -0.2) is 42.0 Å². The first-order chi connectivity index (χ1) is 13.9. The van der Waals surface area contributed by atoms with Gasteiger partial charge in [0.25, 0.3) is 17.5 Å². The van der Waals surface area contributed by atoms with Crippen LogP contribution in [0.1, 0.15) is 10.4 Å². The molecule has 1 aliphatic rings. The Labute approximate surface area is 163 Å². The number of amides is 2. The number of benzene rings is 2. The number of nitro groups is 1. The van der Waals surface area contributed by atoms with Crippen LogP contribution < -0.4 is 20.3 Å². The molecule has 0 saturated heterocycles. The van der Waals surface area contributed by atoms with Crippen LogP contribution >= 0.6 is 0 Å². The number of para-hydroxylation sites is 2. The SMILES string of the molecule is O=C(COC(=O)c1ccc([N+](=O)[O-])cc1)NNC(=O)C1COc2ccccc2O1. The van der Waals surface area contributed by atoms with Gasteiger partial charge in [-0.15, -0.1) is 0 Å². The molecule has 2 aromatic carbocycles. The van der Waals surface area contributed by atoms with Crippen LogP contribution in [-0.2, 0) is 14.3 Å². The minimum Gasteiger partial charge on any atom is -0.485 e. The molecule has 29 heavy (non-hydrogen) atoms. The van der Waals surface area contributed by atoms with Crippen LogP contribution in [0.5, 0.6) is 11.5 Å². The fourth-order valence-corrected chi connectivity index (χ4v) is 2.33. The van der Waals surface area contributed by atoms with E-state index in [1.54, 1.807) is 24.3 Å². The number of esters is 1. The van der Waals surface area contributed by atoms with Crippen molar-refractivity contribution in [1.82, 2.24) is 10.9 Å². The summed E-state index contributed by atoms with van der Waals surface area (Å²) < 4.78 is 15.7. The molecule has 1 atom stereocenters. The third kappa shape index (κ3) is 4.97. The van der Waals surface area contributed by atoms with Crippen LogP contribution in [0.3, 0.4) is 0 Å². The van der Waals surface area contributed by atoms with E-state index in [-0.39, 0.29) is 17.9 Å². The van der Waals surface area contributed by atoms with Gasteiger partial charge in [0.15, 0.2) is 18.1 Å². The highest BCUT2D eigenvalue weighted by Gasteiger charge is 2.27. The van der Waals surface area contributed by atoms with E-state index in [1.165, 1.54) is 12.1 Å². The van der Waals surface area contributed by atoms with Crippen molar-refractivity contribution in [3.8, 4) is 11.5 Å². The standard InChI is InChI=1S/C18H15N3O8/c22-16(10-28-18(24)11-5-7-12(8-6-11)21(25)26)19-20-17(23)15-9-27-13-3-1-2-4-14(13)29-15/h1-8,15H,9-10H2,(H,19,22)(H,20,23). The number of fused-ring (bicyclic) bond motifs is 1.